The van der Waals surface area contributed by atoms with Gasteiger partial charge in [-0.1, -0.05) is 91.0 Å². The van der Waals surface area contributed by atoms with E-state index in [0.29, 0.717) is 0 Å². The molecule has 4 aromatic carbocycles. The highest BCUT2D eigenvalue weighted by molar-refractivity contribution is 6.01. The van der Waals surface area contributed by atoms with Crippen molar-refractivity contribution < 1.29 is 0 Å². The number of fused-ring (bicyclic) bond motifs is 10. The molecule has 2 aliphatic rings. The predicted molar refractivity (Wildman–Crippen MR) is 129 cm³/mol. The van der Waals surface area contributed by atoms with Gasteiger partial charge in [0.1, 0.15) is 6.17 Å². The van der Waals surface area contributed by atoms with Gasteiger partial charge < -0.3 is 9.47 Å². The molecule has 1 atom stereocenters. The van der Waals surface area contributed by atoms with Crippen LogP contribution in [0.5, 0.6) is 0 Å². The van der Waals surface area contributed by atoms with Gasteiger partial charge in [-0.05, 0) is 35.4 Å². The lowest BCUT2D eigenvalue weighted by Gasteiger charge is -2.45. The van der Waals surface area contributed by atoms with E-state index in [1.807, 2.05) is 0 Å². The van der Waals surface area contributed by atoms with Crippen molar-refractivity contribution in [2.45, 2.75) is 6.17 Å². The topological polar surface area (TPSA) is 8.17 Å². The van der Waals surface area contributed by atoms with Gasteiger partial charge in [0.15, 0.2) is 0 Å². The van der Waals surface area contributed by atoms with Gasteiger partial charge in [-0.15, -0.1) is 0 Å². The quantitative estimate of drug-likeness (QED) is 0.291. The van der Waals surface area contributed by atoms with Crippen LogP contribution in [-0.2, 0) is 0 Å². The number of hydrogen-bond donors (Lipinski definition) is 0. The lowest BCUT2D eigenvalue weighted by molar-refractivity contribution is 0.605. The molecule has 2 aliphatic heterocycles. The first-order valence-corrected chi connectivity index (χ1v) is 10.7. The summed E-state index contributed by atoms with van der Waals surface area (Å²) < 4.78 is 2.52. The Hall–Kier alpha value is -4.04. The molecule has 2 heteroatoms. The van der Waals surface area contributed by atoms with Crippen molar-refractivity contribution in [1.82, 2.24) is 4.57 Å². The van der Waals surface area contributed by atoms with Crippen LogP contribution in [0.25, 0.3) is 33.9 Å². The highest BCUT2D eigenvalue weighted by Gasteiger charge is 2.38. The summed E-state index contributed by atoms with van der Waals surface area (Å²) in [7, 11) is 0. The first kappa shape index (κ1) is 16.7. The van der Waals surface area contributed by atoms with E-state index in [1.54, 1.807) is 0 Å². The molecular formula is C29H20N2. The van der Waals surface area contributed by atoms with Crippen LogP contribution in [0.1, 0.15) is 22.9 Å². The molecular weight excluding hydrogens is 376 g/mol. The maximum absolute atomic E-state index is 2.52. The molecule has 5 aromatic rings. The number of para-hydroxylation sites is 2. The molecule has 0 spiro atoms. The van der Waals surface area contributed by atoms with E-state index < -0.39 is 0 Å². The molecule has 0 radical (unpaired) electrons. The molecule has 0 saturated heterocycles. The van der Waals surface area contributed by atoms with Gasteiger partial charge in [0, 0.05) is 16.5 Å². The number of nitrogens with zero attached hydrogens (tertiary/aromatic N) is 2. The van der Waals surface area contributed by atoms with Crippen LogP contribution in [0, 0.1) is 0 Å². The van der Waals surface area contributed by atoms with Gasteiger partial charge >= 0.3 is 0 Å². The third-order valence-corrected chi connectivity index (χ3v) is 6.57. The summed E-state index contributed by atoms with van der Waals surface area (Å²) in [6, 6.07) is 39.4. The predicted octanol–water partition coefficient (Wildman–Crippen LogP) is 7.19. The van der Waals surface area contributed by atoms with Gasteiger partial charge in [0.2, 0.25) is 0 Å². The molecule has 7 rings (SSSR count). The van der Waals surface area contributed by atoms with E-state index in [-0.39, 0.29) is 6.17 Å². The number of aromatic nitrogens is 1. The van der Waals surface area contributed by atoms with Crippen LogP contribution in [0.2, 0.25) is 0 Å². The van der Waals surface area contributed by atoms with Crippen molar-refractivity contribution in [3.63, 3.8) is 0 Å². The normalized spacial score (nSPS) is 16.2. The second-order valence-corrected chi connectivity index (χ2v) is 8.24. The zero-order valence-electron chi connectivity index (χ0n) is 16.9. The SMILES string of the molecule is C1=C(c2ccccc2)N2c3ccccc3-c3cc4ccccc4n3C2c2ccccc21. The number of anilines is 1. The molecule has 0 bridgehead atoms. The molecule has 2 nitrogen and oxygen atoms in total. The molecule has 3 heterocycles. The van der Waals surface area contributed by atoms with Crippen LogP contribution >= 0.6 is 0 Å². The molecule has 0 fully saturated rings. The average molecular weight is 396 g/mol. The average Bonchev–Trinajstić information content (AvgIpc) is 3.24. The van der Waals surface area contributed by atoms with E-state index in [4.69, 9.17) is 0 Å². The van der Waals surface area contributed by atoms with E-state index in [2.05, 4.69) is 125 Å². The van der Waals surface area contributed by atoms with Gasteiger partial charge in [0.25, 0.3) is 0 Å². The number of hydrogen-bond acceptors (Lipinski definition) is 1. The molecule has 146 valence electrons. The summed E-state index contributed by atoms with van der Waals surface area (Å²) in [5, 5.41) is 1.28. The summed E-state index contributed by atoms with van der Waals surface area (Å²) in [5.74, 6) is 0. The number of benzene rings is 4. The van der Waals surface area contributed by atoms with E-state index >= 15 is 0 Å². The largest absolute Gasteiger partial charge is 0.315 e. The fourth-order valence-electron chi connectivity index (χ4n) is 5.26. The Bertz CT molecular complexity index is 1490. The zero-order valence-corrected chi connectivity index (χ0v) is 16.9. The monoisotopic (exact) mass is 396 g/mol. The summed E-state index contributed by atoms with van der Waals surface area (Å²) >= 11 is 0. The van der Waals surface area contributed by atoms with Gasteiger partial charge in [0.05, 0.1) is 22.6 Å². The summed E-state index contributed by atoms with van der Waals surface area (Å²) in [6.45, 7) is 0. The van der Waals surface area contributed by atoms with Crippen molar-refractivity contribution in [3.05, 3.63) is 126 Å². The van der Waals surface area contributed by atoms with Gasteiger partial charge in [-0.25, -0.2) is 0 Å². The Labute approximate surface area is 181 Å². The van der Waals surface area contributed by atoms with Crippen molar-refractivity contribution in [3.8, 4) is 11.3 Å². The minimum Gasteiger partial charge on any atom is -0.315 e. The van der Waals surface area contributed by atoms with Crippen LogP contribution in [0.3, 0.4) is 0 Å². The highest BCUT2D eigenvalue weighted by Crippen LogP contribution is 2.51. The maximum Gasteiger partial charge on any atom is 0.137 e. The summed E-state index contributed by atoms with van der Waals surface area (Å²) in [4.78, 5) is 2.52. The lowest BCUT2D eigenvalue weighted by atomic mass is 9.91. The fourth-order valence-corrected chi connectivity index (χ4v) is 5.26. The Morgan fingerprint density at radius 1 is 0.645 bits per heavy atom. The Balaban J connectivity index is 1.63. The molecule has 0 saturated carbocycles. The van der Waals surface area contributed by atoms with Crippen molar-refractivity contribution in [2.24, 2.45) is 0 Å². The maximum atomic E-state index is 2.52. The van der Waals surface area contributed by atoms with E-state index in [1.165, 1.54) is 50.2 Å². The Morgan fingerprint density at radius 3 is 2.32 bits per heavy atom. The smallest absolute Gasteiger partial charge is 0.137 e. The standard InChI is InChI=1S/C29H20N2/c1-2-10-20(11-3-1)27-18-21-12-4-6-14-23(21)29-30-25-16-8-5-13-22(25)19-28(30)24-15-7-9-17-26(24)31(27)29/h1-19,29H. The van der Waals surface area contributed by atoms with Crippen molar-refractivity contribution in [2.75, 3.05) is 4.90 Å². The first-order chi connectivity index (χ1) is 15.4. The van der Waals surface area contributed by atoms with Crippen LogP contribution in [0.15, 0.2) is 109 Å². The van der Waals surface area contributed by atoms with Gasteiger partial charge in [-0.3, -0.25) is 0 Å². The van der Waals surface area contributed by atoms with Crippen LogP contribution in [-0.4, -0.2) is 4.57 Å². The van der Waals surface area contributed by atoms with Crippen molar-refractivity contribution >= 4 is 28.4 Å². The fraction of sp³-hybridized carbons (Fsp3) is 0.0345. The van der Waals surface area contributed by atoms with Crippen LogP contribution in [0.4, 0.5) is 5.69 Å². The Kier molecular flexibility index (Phi) is 3.36. The second kappa shape index (κ2) is 6.23. The summed E-state index contributed by atoms with van der Waals surface area (Å²) in [6.07, 6.45) is 2.41. The molecule has 1 unspecified atom stereocenters. The molecule has 31 heavy (non-hydrogen) atoms. The number of rotatable bonds is 1. The zero-order chi connectivity index (χ0) is 20.4. The summed E-state index contributed by atoms with van der Waals surface area (Å²) in [5.41, 5.74) is 10.2. The van der Waals surface area contributed by atoms with Gasteiger partial charge in [-0.2, -0.15) is 0 Å². The lowest BCUT2D eigenvalue weighted by Crippen LogP contribution is -2.38. The molecule has 0 N–H and O–H groups in total. The molecule has 1 aromatic heterocycles. The third kappa shape index (κ3) is 2.27. The molecule has 0 aliphatic carbocycles. The van der Waals surface area contributed by atoms with Crippen LogP contribution < -0.4 is 4.90 Å². The van der Waals surface area contributed by atoms with E-state index in [9.17, 15) is 0 Å². The molecule has 0 amide bonds. The Morgan fingerprint density at radius 2 is 1.39 bits per heavy atom. The minimum atomic E-state index is 0.0706. The third-order valence-electron chi connectivity index (χ3n) is 6.57. The minimum absolute atomic E-state index is 0.0706. The van der Waals surface area contributed by atoms with E-state index in [0.717, 1.165) is 0 Å². The highest BCUT2D eigenvalue weighted by atomic mass is 15.3. The van der Waals surface area contributed by atoms with Crippen molar-refractivity contribution in [1.29, 1.82) is 0 Å². The first-order valence-electron chi connectivity index (χ1n) is 10.7. The second-order valence-electron chi connectivity index (χ2n) is 8.24.